The minimum atomic E-state index is -0.912. The second kappa shape index (κ2) is 9.20. The summed E-state index contributed by atoms with van der Waals surface area (Å²) in [5, 5.41) is 13.2. The van der Waals surface area contributed by atoms with E-state index in [-0.39, 0.29) is 5.82 Å². The Labute approximate surface area is 166 Å². The number of aromatic nitrogens is 1. The van der Waals surface area contributed by atoms with Crippen LogP contribution in [0.15, 0.2) is 35.9 Å². The van der Waals surface area contributed by atoms with E-state index < -0.39 is 5.97 Å². The lowest BCUT2D eigenvalue weighted by molar-refractivity contribution is 0.0694. The van der Waals surface area contributed by atoms with Gasteiger partial charge in [-0.05, 0) is 70.2 Å². The SMILES string of the molecule is Cc1c(CNCCC2=CCCCC2)c(C(=O)O)c(C)n1Cc1cccc(F)c1. The Morgan fingerprint density at radius 2 is 2.07 bits per heavy atom. The van der Waals surface area contributed by atoms with Gasteiger partial charge in [-0.25, -0.2) is 9.18 Å². The first kappa shape index (κ1) is 20.3. The van der Waals surface area contributed by atoms with E-state index >= 15 is 0 Å². The molecule has 1 aromatic heterocycles. The summed E-state index contributed by atoms with van der Waals surface area (Å²) in [4.78, 5) is 11.9. The van der Waals surface area contributed by atoms with Crippen molar-refractivity contribution < 1.29 is 14.3 Å². The van der Waals surface area contributed by atoms with Gasteiger partial charge in [-0.3, -0.25) is 0 Å². The molecule has 0 spiro atoms. The molecular formula is C23H29FN2O2. The molecule has 0 saturated heterocycles. The number of allylic oxidation sites excluding steroid dienone is 1. The molecule has 2 aromatic rings. The third-order valence-electron chi connectivity index (χ3n) is 5.66. The average molecular weight is 384 g/mol. The van der Waals surface area contributed by atoms with E-state index in [2.05, 4.69) is 11.4 Å². The molecule has 1 aromatic carbocycles. The first-order chi connectivity index (χ1) is 13.5. The van der Waals surface area contributed by atoms with Crippen LogP contribution in [0.4, 0.5) is 4.39 Å². The van der Waals surface area contributed by atoms with Crippen LogP contribution in [-0.4, -0.2) is 22.2 Å². The fourth-order valence-electron chi connectivity index (χ4n) is 4.10. The molecule has 2 N–H and O–H groups in total. The molecule has 0 unspecified atom stereocenters. The van der Waals surface area contributed by atoms with Gasteiger partial charge in [0.1, 0.15) is 5.82 Å². The molecule has 0 saturated carbocycles. The van der Waals surface area contributed by atoms with Crippen molar-refractivity contribution in [2.75, 3.05) is 6.54 Å². The molecule has 0 bridgehead atoms. The normalized spacial score (nSPS) is 14.2. The summed E-state index contributed by atoms with van der Waals surface area (Å²) in [5.74, 6) is -1.19. The maximum Gasteiger partial charge on any atom is 0.337 e. The van der Waals surface area contributed by atoms with E-state index in [0.29, 0.717) is 24.3 Å². The number of hydrogen-bond donors (Lipinski definition) is 2. The molecule has 0 radical (unpaired) electrons. The Kier molecular flexibility index (Phi) is 6.68. The van der Waals surface area contributed by atoms with Crippen molar-refractivity contribution in [3.8, 4) is 0 Å². The molecule has 0 aliphatic heterocycles. The molecule has 3 rings (SSSR count). The Morgan fingerprint density at radius 1 is 1.25 bits per heavy atom. The second-order valence-electron chi connectivity index (χ2n) is 7.58. The number of carbonyl (C=O) groups is 1. The lowest BCUT2D eigenvalue weighted by Crippen LogP contribution is -2.18. The molecule has 28 heavy (non-hydrogen) atoms. The van der Waals surface area contributed by atoms with Crippen LogP contribution >= 0.6 is 0 Å². The van der Waals surface area contributed by atoms with Gasteiger partial charge in [-0.2, -0.15) is 0 Å². The average Bonchev–Trinajstić information content (AvgIpc) is 2.90. The lowest BCUT2D eigenvalue weighted by Gasteiger charge is -2.13. The highest BCUT2D eigenvalue weighted by Gasteiger charge is 2.22. The van der Waals surface area contributed by atoms with Gasteiger partial charge in [0, 0.05) is 30.0 Å². The molecular weight excluding hydrogens is 355 g/mol. The summed E-state index contributed by atoms with van der Waals surface area (Å²) in [6.07, 6.45) is 8.29. The highest BCUT2D eigenvalue weighted by atomic mass is 19.1. The Bertz CT molecular complexity index is 883. The van der Waals surface area contributed by atoms with Gasteiger partial charge in [-0.1, -0.05) is 23.8 Å². The summed E-state index contributed by atoms with van der Waals surface area (Å²) in [6.45, 7) is 5.60. The number of rotatable bonds is 8. The Morgan fingerprint density at radius 3 is 2.75 bits per heavy atom. The summed E-state index contributed by atoms with van der Waals surface area (Å²) >= 11 is 0. The fraction of sp³-hybridized carbons (Fsp3) is 0.435. The van der Waals surface area contributed by atoms with Crippen molar-refractivity contribution >= 4 is 5.97 Å². The number of nitrogens with one attached hydrogen (secondary N) is 1. The molecule has 5 heteroatoms. The highest BCUT2D eigenvalue weighted by molar-refractivity contribution is 5.91. The molecule has 1 heterocycles. The second-order valence-corrected chi connectivity index (χ2v) is 7.58. The van der Waals surface area contributed by atoms with Gasteiger partial charge in [-0.15, -0.1) is 0 Å². The molecule has 1 aliphatic carbocycles. The third kappa shape index (κ3) is 4.71. The summed E-state index contributed by atoms with van der Waals surface area (Å²) in [6, 6.07) is 6.45. The zero-order valence-corrected chi connectivity index (χ0v) is 16.7. The largest absolute Gasteiger partial charge is 0.478 e. The molecule has 150 valence electrons. The number of nitrogens with zero attached hydrogens (tertiary/aromatic N) is 1. The van der Waals surface area contributed by atoms with Crippen LogP contribution in [-0.2, 0) is 13.1 Å². The molecule has 0 atom stereocenters. The lowest BCUT2D eigenvalue weighted by atomic mass is 9.97. The van der Waals surface area contributed by atoms with E-state index in [1.165, 1.54) is 43.4 Å². The summed E-state index contributed by atoms with van der Waals surface area (Å²) in [5.41, 5.74) is 5.14. The number of hydrogen-bond acceptors (Lipinski definition) is 2. The standard InChI is InChI=1S/C23H29FN2O2/c1-16-21(14-25-12-11-18-7-4-3-5-8-18)22(23(27)28)17(2)26(16)15-19-9-6-10-20(24)13-19/h6-7,9-10,13,25H,3-5,8,11-12,14-15H2,1-2H3,(H,27,28). The van der Waals surface area contributed by atoms with Crippen molar-refractivity contribution in [3.63, 3.8) is 0 Å². The molecule has 0 fully saturated rings. The fourth-order valence-corrected chi connectivity index (χ4v) is 4.10. The maximum atomic E-state index is 13.5. The number of carboxylic acids is 1. The van der Waals surface area contributed by atoms with E-state index in [1.807, 2.05) is 24.5 Å². The van der Waals surface area contributed by atoms with Crippen LogP contribution in [0.2, 0.25) is 0 Å². The van der Waals surface area contributed by atoms with Crippen LogP contribution in [0.5, 0.6) is 0 Å². The third-order valence-corrected chi connectivity index (χ3v) is 5.66. The molecule has 1 aliphatic rings. The van der Waals surface area contributed by atoms with Gasteiger partial charge >= 0.3 is 5.97 Å². The van der Waals surface area contributed by atoms with Gasteiger partial charge in [0.05, 0.1) is 5.56 Å². The maximum absolute atomic E-state index is 13.5. The van der Waals surface area contributed by atoms with Crippen LogP contribution in [0.1, 0.15) is 65.0 Å². The predicted octanol–water partition coefficient (Wildman–Crippen LogP) is 4.97. The Balaban J connectivity index is 1.74. The zero-order chi connectivity index (χ0) is 20.1. The van der Waals surface area contributed by atoms with Gasteiger partial charge < -0.3 is 15.0 Å². The quantitative estimate of drug-likeness (QED) is 0.499. The van der Waals surface area contributed by atoms with Crippen molar-refractivity contribution in [3.05, 3.63) is 69.8 Å². The minimum Gasteiger partial charge on any atom is -0.478 e. The number of aromatic carboxylic acids is 1. The first-order valence-electron chi connectivity index (χ1n) is 10.0. The zero-order valence-electron chi connectivity index (χ0n) is 16.7. The Hall–Kier alpha value is -2.40. The monoisotopic (exact) mass is 384 g/mol. The minimum absolute atomic E-state index is 0.280. The van der Waals surface area contributed by atoms with Crippen LogP contribution in [0.25, 0.3) is 0 Å². The predicted molar refractivity (Wildman–Crippen MR) is 109 cm³/mol. The van der Waals surface area contributed by atoms with Crippen molar-refractivity contribution in [2.24, 2.45) is 0 Å². The van der Waals surface area contributed by atoms with Crippen molar-refractivity contribution in [1.29, 1.82) is 0 Å². The van der Waals surface area contributed by atoms with Crippen LogP contribution in [0.3, 0.4) is 0 Å². The van der Waals surface area contributed by atoms with Gasteiger partial charge in [0.25, 0.3) is 0 Å². The van der Waals surface area contributed by atoms with Gasteiger partial charge in [0.2, 0.25) is 0 Å². The van der Waals surface area contributed by atoms with Gasteiger partial charge in [0.15, 0.2) is 0 Å². The first-order valence-corrected chi connectivity index (χ1v) is 10.0. The molecule has 0 amide bonds. The van der Waals surface area contributed by atoms with E-state index in [9.17, 15) is 14.3 Å². The number of carboxylic acid groups (broad SMARTS) is 1. The highest BCUT2D eigenvalue weighted by Crippen LogP contribution is 2.24. The summed E-state index contributed by atoms with van der Waals surface area (Å²) in [7, 11) is 0. The summed E-state index contributed by atoms with van der Waals surface area (Å²) < 4.78 is 15.5. The number of benzene rings is 1. The number of halogens is 1. The van der Waals surface area contributed by atoms with E-state index in [1.54, 1.807) is 6.07 Å². The smallest absolute Gasteiger partial charge is 0.337 e. The topological polar surface area (TPSA) is 54.3 Å². The van der Waals surface area contributed by atoms with Crippen molar-refractivity contribution in [1.82, 2.24) is 9.88 Å². The molecule has 4 nitrogen and oxygen atoms in total. The van der Waals surface area contributed by atoms with E-state index in [4.69, 9.17) is 0 Å². The van der Waals surface area contributed by atoms with Crippen LogP contribution < -0.4 is 5.32 Å². The van der Waals surface area contributed by atoms with Crippen molar-refractivity contribution in [2.45, 2.75) is 59.0 Å². The van der Waals surface area contributed by atoms with E-state index in [0.717, 1.165) is 29.8 Å². The van der Waals surface area contributed by atoms with Crippen LogP contribution in [0, 0.1) is 19.7 Å².